The fourth-order valence-electron chi connectivity index (χ4n) is 2.62. The predicted molar refractivity (Wildman–Crippen MR) is 87.8 cm³/mol. The van der Waals surface area contributed by atoms with E-state index in [0.29, 0.717) is 23.5 Å². The Hall–Kier alpha value is -2.40. The van der Waals surface area contributed by atoms with E-state index in [4.69, 9.17) is 20.9 Å². The zero-order chi connectivity index (χ0) is 17.2. The molecule has 0 spiro atoms. The number of hydrogen-bond donors (Lipinski definition) is 3. The average molecular weight is 320 g/mol. The van der Waals surface area contributed by atoms with Crippen LogP contribution in [0.5, 0.6) is 0 Å². The molecule has 1 aliphatic heterocycles. The molecule has 23 heavy (non-hydrogen) atoms. The maximum absolute atomic E-state index is 8.81. The van der Waals surface area contributed by atoms with Gasteiger partial charge in [-0.2, -0.15) is 10.2 Å². The third-order valence-electron chi connectivity index (χ3n) is 3.79. The molecule has 126 valence electrons. The lowest BCUT2D eigenvalue weighted by atomic mass is 10.0. The average Bonchev–Trinajstić information content (AvgIpc) is 3.02. The van der Waals surface area contributed by atoms with Crippen LogP contribution in [-0.4, -0.2) is 52.1 Å². The topological polar surface area (TPSA) is 128 Å². The maximum atomic E-state index is 8.81. The van der Waals surface area contributed by atoms with Gasteiger partial charge in [0.05, 0.1) is 6.20 Å². The maximum Gasteiger partial charge on any atom is 0.290 e. The van der Waals surface area contributed by atoms with Crippen molar-refractivity contribution in [2.45, 2.75) is 32.7 Å². The molecule has 2 rings (SSSR count). The van der Waals surface area contributed by atoms with Gasteiger partial charge in [-0.1, -0.05) is 13.8 Å². The minimum Gasteiger partial charge on any atom is -0.483 e. The summed E-state index contributed by atoms with van der Waals surface area (Å²) in [6.45, 7) is 7.35. The highest BCUT2D eigenvalue weighted by Gasteiger charge is 2.24. The van der Waals surface area contributed by atoms with Crippen molar-refractivity contribution in [2.24, 2.45) is 5.92 Å². The van der Waals surface area contributed by atoms with Crippen LogP contribution in [0.4, 0.5) is 11.8 Å². The number of carboxylic acid groups (broad SMARTS) is 1. The van der Waals surface area contributed by atoms with Crippen LogP contribution in [-0.2, 0) is 4.79 Å². The van der Waals surface area contributed by atoms with E-state index < -0.39 is 0 Å². The molecule has 8 nitrogen and oxygen atoms in total. The fraction of sp³-hybridized carbons (Fsp3) is 0.600. The molecule has 0 amide bonds. The van der Waals surface area contributed by atoms with Crippen LogP contribution < -0.4 is 11.1 Å². The molecule has 1 atom stereocenters. The van der Waals surface area contributed by atoms with Crippen LogP contribution in [0, 0.1) is 17.2 Å². The molecule has 1 aromatic heterocycles. The monoisotopic (exact) mass is 320 g/mol. The van der Waals surface area contributed by atoms with Gasteiger partial charge in [-0.15, -0.1) is 0 Å². The van der Waals surface area contributed by atoms with Crippen molar-refractivity contribution < 1.29 is 9.90 Å². The van der Waals surface area contributed by atoms with Crippen LogP contribution >= 0.6 is 0 Å². The highest BCUT2D eigenvalue weighted by atomic mass is 16.3. The van der Waals surface area contributed by atoms with Gasteiger partial charge >= 0.3 is 0 Å². The number of nitrogens with zero attached hydrogens (tertiary/aromatic N) is 4. The molecule has 1 aliphatic rings. The SMILES string of the molecule is CC(C)C(CNc1ncc(C#N)c(N)n1)N1CCCC1.O=CO. The van der Waals surface area contributed by atoms with Crippen molar-refractivity contribution >= 4 is 18.2 Å². The molecule has 2 heterocycles. The van der Waals surface area contributed by atoms with Crippen molar-refractivity contribution in [3.8, 4) is 6.07 Å². The van der Waals surface area contributed by atoms with Crippen molar-refractivity contribution in [1.29, 1.82) is 5.26 Å². The molecular formula is C15H24N6O2. The molecular weight excluding hydrogens is 296 g/mol. The van der Waals surface area contributed by atoms with Gasteiger partial charge in [0.1, 0.15) is 17.5 Å². The van der Waals surface area contributed by atoms with Crippen molar-refractivity contribution in [1.82, 2.24) is 14.9 Å². The molecule has 0 aromatic carbocycles. The third-order valence-corrected chi connectivity index (χ3v) is 3.79. The first-order valence-electron chi connectivity index (χ1n) is 7.61. The van der Waals surface area contributed by atoms with Gasteiger partial charge in [-0.25, -0.2) is 4.98 Å². The first kappa shape index (κ1) is 18.6. The number of carbonyl (C=O) groups is 1. The second-order valence-electron chi connectivity index (χ2n) is 5.65. The third kappa shape index (κ3) is 5.71. The number of anilines is 2. The molecule has 1 unspecified atom stereocenters. The number of rotatable bonds is 5. The smallest absolute Gasteiger partial charge is 0.290 e. The Labute approximate surface area is 136 Å². The second-order valence-corrected chi connectivity index (χ2v) is 5.65. The fourth-order valence-corrected chi connectivity index (χ4v) is 2.62. The van der Waals surface area contributed by atoms with Gasteiger partial charge in [-0.05, 0) is 31.8 Å². The number of aromatic nitrogens is 2. The van der Waals surface area contributed by atoms with Crippen LogP contribution in [0.2, 0.25) is 0 Å². The minimum absolute atomic E-state index is 0.229. The van der Waals surface area contributed by atoms with E-state index in [1.165, 1.54) is 32.1 Å². The standard InChI is InChI=1S/C14H22N6.CH2O2/c1-10(2)12(20-5-3-4-6-20)9-18-14-17-8-11(7-15)13(16)19-14;2-1-3/h8,10,12H,3-6,9H2,1-2H3,(H3,16,17,18,19);1H,(H,2,3). The number of likely N-dealkylation sites (tertiary alicyclic amines) is 1. The minimum atomic E-state index is -0.250. The summed E-state index contributed by atoms with van der Waals surface area (Å²) in [5.74, 6) is 1.29. The summed E-state index contributed by atoms with van der Waals surface area (Å²) in [5.41, 5.74) is 6.01. The van der Waals surface area contributed by atoms with Crippen molar-refractivity contribution in [3.05, 3.63) is 11.8 Å². The highest BCUT2D eigenvalue weighted by molar-refractivity contribution is 5.49. The molecule has 0 bridgehead atoms. The summed E-state index contributed by atoms with van der Waals surface area (Å²) in [6, 6.07) is 2.43. The molecule has 0 aliphatic carbocycles. The van der Waals surface area contributed by atoms with Gasteiger partial charge in [0.25, 0.3) is 6.47 Å². The quantitative estimate of drug-likeness (QED) is 0.689. The van der Waals surface area contributed by atoms with Gasteiger partial charge in [0.2, 0.25) is 5.95 Å². The van der Waals surface area contributed by atoms with E-state index >= 15 is 0 Å². The number of nitrogens with two attached hydrogens (primary N) is 1. The summed E-state index contributed by atoms with van der Waals surface area (Å²) in [7, 11) is 0. The Balaban J connectivity index is 0.000000816. The Morgan fingerprint density at radius 2 is 2.13 bits per heavy atom. The van der Waals surface area contributed by atoms with Gasteiger partial charge < -0.3 is 16.2 Å². The number of nitrogens with one attached hydrogen (secondary N) is 1. The first-order chi connectivity index (χ1) is 11.0. The largest absolute Gasteiger partial charge is 0.483 e. The van der Waals surface area contributed by atoms with E-state index in [9.17, 15) is 0 Å². The summed E-state index contributed by atoms with van der Waals surface area (Å²) in [4.78, 5) is 19.1. The van der Waals surface area contributed by atoms with E-state index in [1.807, 2.05) is 6.07 Å². The van der Waals surface area contributed by atoms with Crippen molar-refractivity contribution in [2.75, 3.05) is 30.7 Å². The number of nitriles is 1. The summed E-state index contributed by atoms with van der Waals surface area (Å²) < 4.78 is 0. The lowest BCUT2D eigenvalue weighted by Gasteiger charge is -2.30. The van der Waals surface area contributed by atoms with Crippen LogP contribution in [0.25, 0.3) is 0 Å². The first-order valence-corrected chi connectivity index (χ1v) is 7.61. The Kier molecular flexibility index (Phi) is 7.77. The van der Waals surface area contributed by atoms with E-state index in [2.05, 4.69) is 34.0 Å². The summed E-state index contributed by atoms with van der Waals surface area (Å²) in [6.07, 6.45) is 4.03. The summed E-state index contributed by atoms with van der Waals surface area (Å²) in [5, 5.41) is 18.9. The lowest BCUT2D eigenvalue weighted by Crippen LogP contribution is -2.42. The molecule has 0 radical (unpaired) electrons. The molecule has 0 saturated carbocycles. The van der Waals surface area contributed by atoms with Gasteiger partial charge in [0, 0.05) is 12.6 Å². The van der Waals surface area contributed by atoms with Crippen LogP contribution in [0.3, 0.4) is 0 Å². The zero-order valence-corrected chi connectivity index (χ0v) is 13.6. The normalized spacial score (nSPS) is 15.4. The van der Waals surface area contributed by atoms with Crippen LogP contribution in [0.15, 0.2) is 6.20 Å². The zero-order valence-electron chi connectivity index (χ0n) is 13.6. The molecule has 1 aromatic rings. The Bertz CT molecular complexity index is 537. The van der Waals surface area contributed by atoms with Crippen LogP contribution in [0.1, 0.15) is 32.3 Å². The van der Waals surface area contributed by atoms with E-state index in [1.54, 1.807) is 0 Å². The Morgan fingerprint density at radius 3 is 2.61 bits per heavy atom. The van der Waals surface area contributed by atoms with E-state index in [0.717, 1.165) is 6.54 Å². The summed E-state index contributed by atoms with van der Waals surface area (Å²) >= 11 is 0. The molecule has 8 heteroatoms. The molecule has 1 fully saturated rings. The van der Waals surface area contributed by atoms with Gasteiger partial charge in [-0.3, -0.25) is 9.69 Å². The number of hydrogen-bond acceptors (Lipinski definition) is 7. The van der Waals surface area contributed by atoms with E-state index in [-0.39, 0.29) is 12.3 Å². The highest BCUT2D eigenvalue weighted by Crippen LogP contribution is 2.18. The van der Waals surface area contributed by atoms with Gasteiger partial charge in [0.15, 0.2) is 0 Å². The number of nitrogen functional groups attached to an aromatic ring is 1. The van der Waals surface area contributed by atoms with Crippen molar-refractivity contribution in [3.63, 3.8) is 0 Å². The molecule has 1 saturated heterocycles. The Morgan fingerprint density at radius 1 is 1.52 bits per heavy atom. The lowest BCUT2D eigenvalue weighted by molar-refractivity contribution is -0.122. The predicted octanol–water partition coefficient (Wildman–Crippen LogP) is 1.16. The second kappa shape index (κ2) is 9.58. The molecule has 4 N–H and O–H groups in total.